The lowest BCUT2D eigenvalue weighted by atomic mass is 9.72. The molecule has 3 N–H and O–H groups in total. The number of carbonyl (C=O) groups excluding carboxylic acids is 2. The Labute approximate surface area is 496 Å². The molecule has 2 amide bonds. The van der Waals surface area contributed by atoms with Gasteiger partial charge in [0.15, 0.2) is 0 Å². The summed E-state index contributed by atoms with van der Waals surface area (Å²) in [5.41, 5.74) is 3.43. The highest BCUT2D eigenvalue weighted by Gasteiger charge is 2.49. The maximum atomic E-state index is 14.4. The number of nitrogens with one attached hydrogen (secondary N) is 3. The average molecular weight is 1220 g/mol. The van der Waals surface area contributed by atoms with Crippen molar-refractivity contribution >= 4 is 71.4 Å². The van der Waals surface area contributed by atoms with Crippen molar-refractivity contribution in [1.82, 2.24) is 29.4 Å². The number of benzene rings is 5. The van der Waals surface area contributed by atoms with Crippen LogP contribution in [0.25, 0.3) is 27.7 Å². The molecular weight excluding hydrogens is 1150 g/mol. The van der Waals surface area contributed by atoms with E-state index in [1.807, 2.05) is 41.1 Å². The molecule has 0 radical (unpaired) electrons. The number of carbonyl (C=O) groups is 2. The normalized spacial score (nSPS) is 19.5. The molecule has 4 heterocycles. The van der Waals surface area contributed by atoms with Gasteiger partial charge in [0, 0.05) is 105 Å². The molecule has 16 nitrogen and oxygen atoms in total. The van der Waals surface area contributed by atoms with E-state index in [-0.39, 0.29) is 41.0 Å². The first-order valence-electron chi connectivity index (χ1n) is 28.5. The van der Waals surface area contributed by atoms with Crippen LogP contribution in [-0.2, 0) is 24.6 Å². The Morgan fingerprint density at radius 1 is 0.812 bits per heavy atom. The van der Waals surface area contributed by atoms with Crippen molar-refractivity contribution in [3.8, 4) is 22.6 Å². The predicted molar refractivity (Wildman–Crippen MR) is 320 cm³/mol. The summed E-state index contributed by atoms with van der Waals surface area (Å²) in [7, 11) is -11.2. The van der Waals surface area contributed by atoms with Gasteiger partial charge in [-0.2, -0.15) is 13.2 Å². The second kappa shape index (κ2) is 23.1. The Bertz CT molecular complexity index is 3920. The third-order valence-electron chi connectivity index (χ3n) is 17.3. The Kier molecular flexibility index (Phi) is 15.8. The zero-order chi connectivity index (χ0) is 59.4. The van der Waals surface area contributed by atoms with Gasteiger partial charge in [-0.05, 0) is 126 Å². The third-order valence-corrected chi connectivity index (χ3v) is 20.4. The van der Waals surface area contributed by atoms with Gasteiger partial charge in [-0.3, -0.25) is 14.6 Å². The van der Waals surface area contributed by atoms with E-state index in [1.165, 1.54) is 29.0 Å². The fourth-order valence-electron chi connectivity index (χ4n) is 12.5. The number of aromatic nitrogens is 2. The average Bonchev–Trinajstić information content (AvgIpc) is 2.37. The minimum absolute atomic E-state index is 0.0153. The van der Waals surface area contributed by atoms with Crippen LogP contribution in [0.15, 0.2) is 149 Å². The summed E-state index contributed by atoms with van der Waals surface area (Å²) in [4.78, 5) is 41.2. The topological polar surface area (TPSA) is 187 Å². The summed E-state index contributed by atoms with van der Waals surface area (Å²) in [5, 5.41) is 4.32. The molecule has 0 unspecified atom stereocenters. The molecule has 22 heteroatoms. The number of hydrogen-bond acceptors (Lipinski definition) is 13. The van der Waals surface area contributed by atoms with Gasteiger partial charge in [-0.15, -0.1) is 0 Å². The summed E-state index contributed by atoms with van der Waals surface area (Å²) < 4.78 is 112. The molecule has 2 aromatic heterocycles. The van der Waals surface area contributed by atoms with E-state index in [2.05, 4.69) is 80.2 Å². The molecule has 85 heavy (non-hydrogen) atoms. The van der Waals surface area contributed by atoms with Gasteiger partial charge in [0.05, 0.1) is 22.3 Å². The number of pyridine rings is 1. The molecule has 3 aliphatic carbocycles. The lowest BCUT2D eigenvalue weighted by Gasteiger charge is -2.46. The first-order chi connectivity index (χ1) is 40.7. The van der Waals surface area contributed by atoms with Gasteiger partial charge in [0.2, 0.25) is 0 Å². The van der Waals surface area contributed by atoms with Crippen molar-refractivity contribution in [3.63, 3.8) is 0 Å². The van der Waals surface area contributed by atoms with Crippen LogP contribution in [-0.4, -0.2) is 137 Å². The van der Waals surface area contributed by atoms with E-state index in [9.17, 15) is 39.6 Å². The molecular formula is C63H64ClF3N8O8S2. The van der Waals surface area contributed by atoms with Gasteiger partial charge >= 0.3 is 11.6 Å². The molecule has 0 bridgehead atoms. The second-order valence-electron chi connectivity index (χ2n) is 23.4. The first kappa shape index (κ1) is 58.0. The Morgan fingerprint density at radius 2 is 1.51 bits per heavy atom. The van der Waals surface area contributed by atoms with Crippen molar-refractivity contribution in [2.75, 3.05) is 75.7 Å². The summed E-state index contributed by atoms with van der Waals surface area (Å²) >= 11 is 6.26. The number of rotatable bonds is 15. The number of nitrogens with zero attached hydrogens (tertiary/aromatic N) is 5. The van der Waals surface area contributed by atoms with E-state index in [0.29, 0.717) is 79.9 Å². The van der Waals surface area contributed by atoms with Crippen molar-refractivity contribution in [2.24, 2.45) is 5.41 Å². The molecule has 5 aliphatic rings. The van der Waals surface area contributed by atoms with Gasteiger partial charge in [0.25, 0.3) is 25.8 Å². The Hall–Kier alpha value is -7.43. The first-order valence-corrected chi connectivity index (χ1v) is 31.8. The van der Waals surface area contributed by atoms with Crippen LogP contribution in [0.5, 0.6) is 11.5 Å². The minimum Gasteiger partial charge on any atom is -0.455 e. The summed E-state index contributed by atoms with van der Waals surface area (Å²) in [6, 6.07) is 34.3. The number of aromatic amines is 1. The highest BCUT2D eigenvalue weighted by atomic mass is 35.5. The highest BCUT2D eigenvalue weighted by molar-refractivity contribution is 7.92. The van der Waals surface area contributed by atoms with Crippen LogP contribution >= 0.6 is 11.6 Å². The summed E-state index contributed by atoms with van der Waals surface area (Å²) in [5.74, 6) is -1.04. The number of piperazine rings is 2. The largest absolute Gasteiger partial charge is 0.501 e. The maximum absolute atomic E-state index is 14.4. The highest BCUT2D eigenvalue weighted by Crippen LogP contribution is 2.46. The quantitative estimate of drug-likeness (QED) is 0.0881. The van der Waals surface area contributed by atoms with Crippen LogP contribution in [0.3, 0.4) is 0 Å². The number of alkyl halides is 3. The number of ether oxygens (including phenoxy) is 2. The van der Waals surface area contributed by atoms with E-state index in [4.69, 9.17) is 21.1 Å². The Morgan fingerprint density at radius 3 is 2.20 bits per heavy atom. The van der Waals surface area contributed by atoms with Crippen molar-refractivity contribution in [1.29, 1.82) is 0 Å². The molecule has 0 spiro atoms. The molecule has 1 saturated carbocycles. The SMILES string of the molecule is CC1(C)CCC(CN2CCN(c3ccc(C(=O)NS(=O)(=O)c4ccc(NC5CC(N6CCN(C(=O)OCC7c8ccccc8-c8ccccc87)CC6)C5)c(S(=O)(=O)C(F)(F)F)c4)c(Oc4cnc5[nH]ccc5c4)c3)CC2)=C(c2ccc(Cl)cc2)C1. The lowest BCUT2D eigenvalue weighted by molar-refractivity contribution is -0.0436. The molecule has 3 fully saturated rings. The van der Waals surface area contributed by atoms with Gasteiger partial charge in [0.1, 0.15) is 28.6 Å². The van der Waals surface area contributed by atoms with Gasteiger partial charge in [-0.1, -0.05) is 91.7 Å². The van der Waals surface area contributed by atoms with Gasteiger partial charge in [-0.25, -0.2) is 31.3 Å². The molecule has 2 saturated heterocycles. The zero-order valence-corrected chi connectivity index (χ0v) is 49.3. The van der Waals surface area contributed by atoms with Crippen molar-refractivity contribution < 1.29 is 49.1 Å². The molecule has 2 aliphatic heterocycles. The maximum Gasteiger partial charge on any atom is 0.501 e. The molecule has 5 aromatic carbocycles. The fraction of sp³-hybridized carbons (Fsp3) is 0.349. The van der Waals surface area contributed by atoms with Crippen LogP contribution < -0.4 is 19.7 Å². The molecule has 0 atom stereocenters. The number of allylic oxidation sites excluding steroid dienone is 1. The second-order valence-corrected chi connectivity index (χ2v) is 27.4. The lowest BCUT2D eigenvalue weighted by Crippen LogP contribution is -2.57. The van der Waals surface area contributed by atoms with E-state index < -0.39 is 58.9 Å². The van der Waals surface area contributed by atoms with Crippen LogP contribution in [0, 0.1) is 5.41 Å². The van der Waals surface area contributed by atoms with E-state index in [1.54, 1.807) is 35.4 Å². The number of amides is 2. The Balaban J connectivity index is 0.704. The van der Waals surface area contributed by atoms with Crippen molar-refractivity contribution in [2.45, 2.75) is 79.3 Å². The third kappa shape index (κ3) is 12.1. The summed E-state index contributed by atoms with van der Waals surface area (Å²) in [6.45, 7) is 10.2. The van der Waals surface area contributed by atoms with Crippen LogP contribution in [0.4, 0.5) is 29.3 Å². The monoisotopic (exact) mass is 1220 g/mol. The number of hydrogen-bond donors (Lipinski definition) is 3. The summed E-state index contributed by atoms with van der Waals surface area (Å²) in [6.07, 6.45) is 6.64. The van der Waals surface area contributed by atoms with E-state index >= 15 is 0 Å². The van der Waals surface area contributed by atoms with Crippen LogP contribution in [0.2, 0.25) is 5.02 Å². The molecule has 7 aromatic rings. The van der Waals surface area contributed by atoms with E-state index in [0.717, 1.165) is 73.3 Å². The molecule has 12 rings (SSSR count). The number of sulfonamides is 1. The number of halogens is 4. The number of anilines is 2. The standard InChI is InChI=1S/C63H64ClF3N8O8S2/c1-62(2)21-19-42(54(36-62)40-11-13-43(64)14-12-40)38-72-23-25-73(26-24-72)45-15-17-53(57(34-45)83-47-31-41-20-22-68-59(41)69-37-47)60(76)71-85(80,81)48-16-18-56(58(35-48)84(78,79)63(65,66)67)70-44-32-46(33-44)74-27-29-75(30-28-74)61(77)82-39-55-51-9-5-3-7-49(51)50-8-4-6-10-52(50)55/h3-18,20,22,31,34-35,37,44,46,55,70H,19,21,23-30,32-33,36,38-39H2,1-2H3,(H,68,69)(H,71,76). The number of H-pyrrole nitrogens is 1. The van der Waals surface area contributed by atoms with Crippen LogP contribution in [0.1, 0.15) is 78.9 Å². The number of fused-ring (bicyclic) bond motifs is 4. The predicted octanol–water partition coefficient (Wildman–Crippen LogP) is 11.7. The molecule has 444 valence electrons. The minimum atomic E-state index is -6.13. The van der Waals surface area contributed by atoms with Crippen molar-refractivity contribution in [3.05, 3.63) is 167 Å². The smallest absolute Gasteiger partial charge is 0.455 e. The van der Waals surface area contributed by atoms with Gasteiger partial charge < -0.3 is 29.6 Å². The zero-order valence-electron chi connectivity index (χ0n) is 46.9. The fourth-order valence-corrected chi connectivity index (χ4v) is 14.7. The number of sulfone groups is 1.